The highest BCUT2D eigenvalue weighted by molar-refractivity contribution is 5.90. The van der Waals surface area contributed by atoms with Crippen molar-refractivity contribution in [1.29, 1.82) is 0 Å². The Morgan fingerprint density at radius 3 is 2.38 bits per heavy atom. The lowest BCUT2D eigenvalue weighted by molar-refractivity contribution is -0.130. The van der Waals surface area contributed by atoms with Gasteiger partial charge in [0.15, 0.2) is 0 Å². The van der Waals surface area contributed by atoms with Crippen molar-refractivity contribution in [3.05, 3.63) is 29.8 Å². The summed E-state index contributed by atoms with van der Waals surface area (Å²) in [4.78, 5) is 24.9. The first-order chi connectivity index (χ1) is 9.60. The first-order valence-electron chi connectivity index (χ1n) is 6.96. The summed E-state index contributed by atoms with van der Waals surface area (Å²) in [5, 5.41) is 2.78. The number of anilines is 1. The molecule has 1 aliphatic rings. The SMILES string of the molecule is CC(=O)N(Cc1ccc(NC(=O)CCN)cc1)C1CC1.Cl. The van der Waals surface area contributed by atoms with E-state index in [0.29, 0.717) is 25.6 Å². The van der Waals surface area contributed by atoms with Crippen LogP contribution in [-0.4, -0.2) is 29.3 Å². The van der Waals surface area contributed by atoms with Gasteiger partial charge in [-0.15, -0.1) is 12.4 Å². The molecular weight excluding hydrogens is 290 g/mol. The van der Waals surface area contributed by atoms with Crippen LogP contribution in [0.3, 0.4) is 0 Å². The third-order valence-corrected chi connectivity index (χ3v) is 3.35. The van der Waals surface area contributed by atoms with Crippen LogP contribution in [-0.2, 0) is 16.1 Å². The summed E-state index contributed by atoms with van der Waals surface area (Å²) >= 11 is 0. The molecule has 3 N–H and O–H groups in total. The van der Waals surface area contributed by atoms with E-state index in [-0.39, 0.29) is 24.2 Å². The van der Waals surface area contributed by atoms with Gasteiger partial charge in [-0.05, 0) is 30.5 Å². The van der Waals surface area contributed by atoms with Crippen molar-refractivity contribution >= 4 is 29.9 Å². The average Bonchev–Trinajstić information content (AvgIpc) is 3.22. The Bertz CT molecular complexity index is 486. The number of benzene rings is 1. The quantitative estimate of drug-likeness (QED) is 0.842. The van der Waals surface area contributed by atoms with Gasteiger partial charge < -0.3 is 16.0 Å². The van der Waals surface area contributed by atoms with E-state index in [1.54, 1.807) is 6.92 Å². The largest absolute Gasteiger partial charge is 0.336 e. The number of nitrogens with zero attached hydrogens (tertiary/aromatic N) is 1. The van der Waals surface area contributed by atoms with Gasteiger partial charge in [0.2, 0.25) is 11.8 Å². The molecule has 0 unspecified atom stereocenters. The Hall–Kier alpha value is -1.59. The van der Waals surface area contributed by atoms with Gasteiger partial charge in [-0.25, -0.2) is 0 Å². The van der Waals surface area contributed by atoms with Crippen LogP contribution in [0.4, 0.5) is 5.69 Å². The summed E-state index contributed by atoms with van der Waals surface area (Å²) in [5.74, 6) is 0.0384. The van der Waals surface area contributed by atoms with Crippen LogP contribution in [0.2, 0.25) is 0 Å². The smallest absolute Gasteiger partial charge is 0.225 e. The van der Waals surface area contributed by atoms with Crippen LogP contribution in [0.1, 0.15) is 31.7 Å². The Morgan fingerprint density at radius 1 is 1.29 bits per heavy atom. The van der Waals surface area contributed by atoms with E-state index in [9.17, 15) is 9.59 Å². The molecule has 0 atom stereocenters. The molecule has 0 radical (unpaired) electrons. The van der Waals surface area contributed by atoms with Gasteiger partial charge in [0.25, 0.3) is 0 Å². The topological polar surface area (TPSA) is 75.4 Å². The molecular formula is C15H22ClN3O2. The highest BCUT2D eigenvalue weighted by atomic mass is 35.5. The van der Waals surface area contributed by atoms with Gasteiger partial charge in [0.05, 0.1) is 0 Å². The fourth-order valence-electron chi connectivity index (χ4n) is 2.13. The number of carbonyl (C=O) groups is 2. The maximum atomic E-state index is 11.6. The van der Waals surface area contributed by atoms with Gasteiger partial charge in [-0.3, -0.25) is 9.59 Å². The first kappa shape index (κ1) is 17.5. The van der Waals surface area contributed by atoms with Crippen LogP contribution in [0.15, 0.2) is 24.3 Å². The van der Waals surface area contributed by atoms with E-state index in [0.717, 1.165) is 24.1 Å². The van der Waals surface area contributed by atoms with Crippen molar-refractivity contribution in [2.45, 2.75) is 38.8 Å². The molecule has 5 nitrogen and oxygen atoms in total. The van der Waals surface area contributed by atoms with E-state index in [4.69, 9.17) is 5.73 Å². The fourth-order valence-corrected chi connectivity index (χ4v) is 2.13. The fraction of sp³-hybridized carbons (Fsp3) is 0.467. The van der Waals surface area contributed by atoms with Crippen molar-refractivity contribution in [2.75, 3.05) is 11.9 Å². The highest BCUT2D eigenvalue weighted by Gasteiger charge is 2.30. The van der Waals surface area contributed by atoms with Crippen LogP contribution in [0.5, 0.6) is 0 Å². The second kappa shape index (κ2) is 8.00. The number of nitrogens with two attached hydrogens (primary N) is 1. The van der Waals surface area contributed by atoms with Crippen molar-refractivity contribution in [1.82, 2.24) is 4.90 Å². The second-order valence-corrected chi connectivity index (χ2v) is 5.16. The zero-order valence-electron chi connectivity index (χ0n) is 12.2. The van der Waals surface area contributed by atoms with E-state index in [1.165, 1.54) is 0 Å². The zero-order chi connectivity index (χ0) is 14.5. The average molecular weight is 312 g/mol. The minimum atomic E-state index is -0.0800. The normalized spacial score (nSPS) is 13.2. The molecule has 0 saturated heterocycles. The molecule has 1 fully saturated rings. The number of hydrogen-bond donors (Lipinski definition) is 2. The lowest BCUT2D eigenvalue weighted by Crippen LogP contribution is -2.30. The monoisotopic (exact) mass is 311 g/mol. The predicted octanol–water partition coefficient (Wildman–Crippen LogP) is 1.91. The van der Waals surface area contributed by atoms with E-state index in [2.05, 4.69) is 5.32 Å². The zero-order valence-corrected chi connectivity index (χ0v) is 13.0. The molecule has 0 spiro atoms. The molecule has 0 heterocycles. The molecule has 1 aromatic carbocycles. The molecule has 0 aliphatic heterocycles. The van der Waals surface area contributed by atoms with E-state index in [1.807, 2.05) is 29.2 Å². The standard InChI is InChI=1S/C15H21N3O2.ClH/c1-11(19)18(14-6-7-14)10-12-2-4-13(5-3-12)17-15(20)8-9-16;/h2-5,14H,6-10,16H2,1H3,(H,17,20);1H. The Balaban J connectivity index is 0.00000220. The van der Waals surface area contributed by atoms with Gasteiger partial charge in [-0.1, -0.05) is 12.1 Å². The van der Waals surface area contributed by atoms with Gasteiger partial charge in [0, 0.05) is 38.2 Å². The molecule has 1 aromatic rings. The van der Waals surface area contributed by atoms with Crippen LogP contribution < -0.4 is 11.1 Å². The lowest BCUT2D eigenvalue weighted by Gasteiger charge is -2.20. The van der Waals surface area contributed by atoms with Crippen molar-refractivity contribution in [3.63, 3.8) is 0 Å². The molecule has 1 aliphatic carbocycles. The maximum absolute atomic E-state index is 11.6. The molecule has 2 amide bonds. The summed E-state index contributed by atoms with van der Waals surface area (Å²) in [6.45, 7) is 2.59. The second-order valence-electron chi connectivity index (χ2n) is 5.16. The van der Waals surface area contributed by atoms with E-state index < -0.39 is 0 Å². The first-order valence-corrected chi connectivity index (χ1v) is 6.96. The van der Waals surface area contributed by atoms with E-state index >= 15 is 0 Å². The Labute approximate surface area is 131 Å². The molecule has 1 saturated carbocycles. The lowest BCUT2D eigenvalue weighted by atomic mass is 10.2. The minimum Gasteiger partial charge on any atom is -0.336 e. The molecule has 0 aromatic heterocycles. The molecule has 2 rings (SSSR count). The number of carbonyl (C=O) groups excluding carboxylic acids is 2. The molecule has 21 heavy (non-hydrogen) atoms. The van der Waals surface area contributed by atoms with Gasteiger partial charge >= 0.3 is 0 Å². The predicted molar refractivity (Wildman–Crippen MR) is 85.2 cm³/mol. The van der Waals surface area contributed by atoms with Crippen LogP contribution in [0, 0.1) is 0 Å². The number of hydrogen-bond acceptors (Lipinski definition) is 3. The maximum Gasteiger partial charge on any atom is 0.225 e. The summed E-state index contributed by atoms with van der Waals surface area (Å²) in [6, 6.07) is 8.01. The summed E-state index contributed by atoms with van der Waals surface area (Å²) < 4.78 is 0. The Kier molecular flexibility index (Phi) is 6.65. The van der Waals surface area contributed by atoms with Crippen LogP contribution >= 0.6 is 12.4 Å². The molecule has 116 valence electrons. The summed E-state index contributed by atoms with van der Waals surface area (Å²) in [6.07, 6.45) is 2.53. The van der Waals surface area contributed by atoms with Crippen molar-refractivity contribution in [3.8, 4) is 0 Å². The molecule has 6 heteroatoms. The summed E-state index contributed by atoms with van der Waals surface area (Å²) in [7, 11) is 0. The third kappa shape index (κ3) is 5.36. The number of halogens is 1. The third-order valence-electron chi connectivity index (χ3n) is 3.35. The van der Waals surface area contributed by atoms with Crippen LogP contribution in [0.25, 0.3) is 0 Å². The Morgan fingerprint density at radius 2 is 1.90 bits per heavy atom. The van der Waals surface area contributed by atoms with Crippen molar-refractivity contribution in [2.24, 2.45) is 5.73 Å². The summed E-state index contributed by atoms with van der Waals surface area (Å²) in [5.41, 5.74) is 7.16. The van der Waals surface area contributed by atoms with Crippen molar-refractivity contribution < 1.29 is 9.59 Å². The minimum absolute atomic E-state index is 0. The number of amides is 2. The highest BCUT2D eigenvalue weighted by Crippen LogP contribution is 2.28. The number of rotatable bonds is 6. The molecule has 0 bridgehead atoms. The number of nitrogens with one attached hydrogen (secondary N) is 1. The van der Waals surface area contributed by atoms with Gasteiger partial charge in [-0.2, -0.15) is 0 Å². The van der Waals surface area contributed by atoms with Gasteiger partial charge in [0.1, 0.15) is 0 Å².